The van der Waals surface area contributed by atoms with E-state index in [0.29, 0.717) is 29.8 Å². The van der Waals surface area contributed by atoms with Crippen LogP contribution in [0.3, 0.4) is 0 Å². The van der Waals surface area contributed by atoms with E-state index in [1.165, 1.54) is 25.3 Å². The van der Waals surface area contributed by atoms with E-state index >= 15 is 0 Å². The maximum atomic E-state index is 14.6. The molecule has 3 heterocycles. The van der Waals surface area contributed by atoms with Crippen LogP contribution in [-0.2, 0) is 11.3 Å². The molecular formula is C32H30FN5O6. The van der Waals surface area contributed by atoms with Crippen molar-refractivity contribution < 1.29 is 33.0 Å². The van der Waals surface area contributed by atoms with Gasteiger partial charge in [0.25, 0.3) is 17.7 Å². The van der Waals surface area contributed by atoms with Gasteiger partial charge in [-0.3, -0.25) is 14.4 Å². The standard InChI is InChI=1S/C32H30FN5O6/c1-42-28-8-5-22-15-29(28)43-19-30(39)36-26-18-37(32(41)21-3-6-24(7-4-21)38-11-2-10-35-38)12-9-27(26)44-25-14-20(13-23(33)16-25)17-34-31(22)40/h2-8,10-11,13-16,26-27H,9,12,17-19H2,1H3,(H,34,40)(H,36,39)/t26-,27+/m1/s1. The van der Waals surface area contributed by atoms with Crippen molar-refractivity contribution in [3.8, 4) is 22.9 Å². The summed E-state index contributed by atoms with van der Waals surface area (Å²) in [5.41, 5.74) is 2.09. The molecule has 1 fully saturated rings. The van der Waals surface area contributed by atoms with Gasteiger partial charge in [-0.25, -0.2) is 9.07 Å². The van der Waals surface area contributed by atoms with Gasteiger partial charge in [-0.15, -0.1) is 0 Å². The molecule has 3 aromatic carbocycles. The minimum Gasteiger partial charge on any atom is -0.493 e. The highest BCUT2D eigenvalue weighted by Gasteiger charge is 2.35. The number of aromatic nitrogens is 2. The highest BCUT2D eigenvalue weighted by molar-refractivity contribution is 5.95. The van der Waals surface area contributed by atoms with Crippen LogP contribution in [0, 0.1) is 5.82 Å². The van der Waals surface area contributed by atoms with E-state index in [0.717, 1.165) is 5.69 Å². The average molecular weight is 600 g/mol. The van der Waals surface area contributed by atoms with Crippen LogP contribution in [-0.4, -0.2) is 71.4 Å². The van der Waals surface area contributed by atoms with Crippen LogP contribution in [0.5, 0.6) is 17.2 Å². The van der Waals surface area contributed by atoms with Gasteiger partial charge in [-0.1, -0.05) is 0 Å². The number of carbonyl (C=O) groups excluding carboxylic acids is 3. The predicted octanol–water partition coefficient (Wildman–Crippen LogP) is 3.12. The summed E-state index contributed by atoms with van der Waals surface area (Å²) in [5, 5.41) is 9.91. The van der Waals surface area contributed by atoms with Crippen LogP contribution in [0.15, 0.2) is 79.1 Å². The van der Waals surface area contributed by atoms with E-state index in [4.69, 9.17) is 14.2 Å². The number of hydrogen-bond donors (Lipinski definition) is 2. The van der Waals surface area contributed by atoms with Crippen LogP contribution in [0.1, 0.15) is 32.7 Å². The third-order valence-electron chi connectivity index (χ3n) is 7.52. The van der Waals surface area contributed by atoms with E-state index in [2.05, 4.69) is 15.7 Å². The lowest BCUT2D eigenvalue weighted by Crippen LogP contribution is -2.58. The van der Waals surface area contributed by atoms with Gasteiger partial charge in [-0.2, -0.15) is 5.10 Å². The van der Waals surface area contributed by atoms with Gasteiger partial charge in [0.1, 0.15) is 17.7 Å². The van der Waals surface area contributed by atoms with Crippen molar-refractivity contribution in [3.63, 3.8) is 0 Å². The molecule has 3 amide bonds. The van der Waals surface area contributed by atoms with Crippen molar-refractivity contribution in [1.82, 2.24) is 25.3 Å². The molecule has 1 saturated heterocycles. The van der Waals surface area contributed by atoms with Crippen molar-refractivity contribution in [2.75, 3.05) is 26.8 Å². The number of piperidine rings is 1. The molecule has 2 aliphatic rings. The van der Waals surface area contributed by atoms with E-state index in [-0.39, 0.29) is 42.7 Å². The van der Waals surface area contributed by atoms with E-state index < -0.39 is 29.8 Å². The average Bonchev–Trinajstić information content (AvgIpc) is 3.58. The molecule has 12 heteroatoms. The van der Waals surface area contributed by atoms with Crippen LogP contribution in [0.25, 0.3) is 5.69 Å². The second-order valence-corrected chi connectivity index (χ2v) is 10.5. The first-order valence-electron chi connectivity index (χ1n) is 14.1. The SMILES string of the molecule is COc1ccc2cc1OCC(=O)N[C@@H]1CN(C(=O)c3ccc(-n4cccn4)cc3)CC[C@@H]1Oc1cc(F)cc(c1)CNC2=O. The van der Waals surface area contributed by atoms with Crippen LogP contribution < -0.4 is 24.8 Å². The van der Waals surface area contributed by atoms with Gasteiger partial charge in [0.15, 0.2) is 18.1 Å². The Morgan fingerprint density at radius 1 is 1.09 bits per heavy atom. The number of rotatable bonds is 3. The molecule has 4 aromatic rings. The summed E-state index contributed by atoms with van der Waals surface area (Å²) in [7, 11) is 1.45. The fourth-order valence-corrected chi connectivity index (χ4v) is 5.33. The molecule has 0 spiro atoms. The largest absolute Gasteiger partial charge is 0.493 e. The van der Waals surface area contributed by atoms with Gasteiger partial charge in [0.05, 0.1) is 18.8 Å². The highest BCUT2D eigenvalue weighted by Crippen LogP contribution is 2.29. The van der Waals surface area contributed by atoms with Gasteiger partial charge in [0, 0.05) is 55.6 Å². The molecule has 2 aliphatic heterocycles. The van der Waals surface area contributed by atoms with Crippen molar-refractivity contribution in [2.45, 2.75) is 25.1 Å². The molecule has 2 N–H and O–H groups in total. The van der Waals surface area contributed by atoms with E-state index in [1.54, 1.807) is 46.1 Å². The maximum absolute atomic E-state index is 14.6. The first-order chi connectivity index (χ1) is 21.4. The summed E-state index contributed by atoms with van der Waals surface area (Å²) < 4.78 is 33.6. The first kappa shape index (κ1) is 28.7. The van der Waals surface area contributed by atoms with Crippen molar-refractivity contribution >= 4 is 17.7 Å². The van der Waals surface area contributed by atoms with Crippen molar-refractivity contribution in [2.24, 2.45) is 0 Å². The Morgan fingerprint density at radius 2 is 1.93 bits per heavy atom. The normalized spacial score (nSPS) is 18.6. The number of nitrogens with one attached hydrogen (secondary N) is 2. The van der Waals surface area contributed by atoms with E-state index in [1.807, 2.05) is 24.4 Å². The number of fused-ring (bicyclic) bond motifs is 5. The van der Waals surface area contributed by atoms with Crippen LogP contribution >= 0.6 is 0 Å². The molecule has 44 heavy (non-hydrogen) atoms. The molecule has 0 saturated carbocycles. The van der Waals surface area contributed by atoms with E-state index in [9.17, 15) is 18.8 Å². The lowest BCUT2D eigenvalue weighted by Gasteiger charge is -2.39. The Balaban J connectivity index is 1.25. The third kappa shape index (κ3) is 6.33. The summed E-state index contributed by atoms with van der Waals surface area (Å²) in [6.07, 6.45) is 3.30. The zero-order valence-electron chi connectivity index (χ0n) is 23.9. The minimum atomic E-state index is -0.625. The molecule has 0 radical (unpaired) electrons. The fraction of sp³-hybridized carbons (Fsp3) is 0.250. The monoisotopic (exact) mass is 599 g/mol. The molecule has 2 atom stereocenters. The maximum Gasteiger partial charge on any atom is 0.258 e. The minimum absolute atomic E-state index is 0.0570. The Hall–Kier alpha value is -5.39. The summed E-state index contributed by atoms with van der Waals surface area (Å²) in [6.45, 7) is 0.196. The molecule has 6 rings (SSSR count). The zero-order chi connectivity index (χ0) is 30.6. The van der Waals surface area contributed by atoms with Crippen LogP contribution in [0.4, 0.5) is 4.39 Å². The number of hydrogen-bond acceptors (Lipinski definition) is 7. The topological polar surface area (TPSA) is 124 Å². The quantitative estimate of drug-likeness (QED) is 0.371. The number of ether oxygens (including phenoxy) is 3. The Labute approximate surface area is 252 Å². The zero-order valence-corrected chi connectivity index (χ0v) is 23.9. The Morgan fingerprint density at radius 3 is 2.70 bits per heavy atom. The summed E-state index contributed by atoms with van der Waals surface area (Å²) in [6, 6.07) is 17.1. The van der Waals surface area contributed by atoms with Crippen molar-refractivity contribution in [1.29, 1.82) is 0 Å². The number of benzene rings is 3. The second kappa shape index (κ2) is 12.5. The van der Waals surface area contributed by atoms with Gasteiger partial charge >= 0.3 is 0 Å². The summed E-state index contributed by atoms with van der Waals surface area (Å²) in [4.78, 5) is 41.1. The molecular weight excluding hydrogens is 569 g/mol. The number of likely N-dealkylation sites (tertiary alicyclic amines) is 1. The summed E-state index contributed by atoms with van der Waals surface area (Å²) >= 11 is 0. The van der Waals surface area contributed by atoms with Crippen LogP contribution in [0.2, 0.25) is 0 Å². The lowest BCUT2D eigenvalue weighted by atomic mass is 10.00. The Kier molecular flexibility index (Phi) is 8.13. The third-order valence-corrected chi connectivity index (χ3v) is 7.52. The molecule has 4 bridgehead atoms. The highest BCUT2D eigenvalue weighted by atomic mass is 19.1. The van der Waals surface area contributed by atoms with Gasteiger partial charge in [-0.05, 0) is 66.2 Å². The van der Waals surface area contributed by atoms with Crippen molar-refractivity contribution in [3.05, 3.63) is 102 Å². The second-order valence-electron chi connectivity index (χ2n) is 10.5. The number of nitrogens with zero attached hydrogens (tertiary/aromatic N) is 3. The number of halogens is 1. The first-order valence-corrected chi connectivity index (χ1v) is 14.1. The molecule has 11 nitrogen and oxygen atoms in total. The molecule has 0 unspecified atom stereocenters. The summed E-state index contributed by atoms with van der Waals surface area (Å²) in [5.74, 6) is -0.790. The smallest absolute Gasteiger partial charge is 0.258 e. The molecule has 1 aromatic heterocycles. The Bertz CT molecular complexity index is 1680. The number of methoxy groups -OCH3 is 1. The van der Waals surface area contributed by atoms with Gasteiger partial charge < -0.3 is 29.7 Å². The molecule has 226 valence electrons. The number of amides is 3. The number of carbonyl (C=O) groups is 3. The fourth-order valence-electron chi connectivity index (χ4n) is 5.33. The predicted molar refractivity (Wildman–Crippen MR) is 156 cm³/mol. The van der Waals surface area contributed by atoms with Gasteiger partial charge in [0.2, 0.25) is 0 Å². The molecule has 0 aliphatic carbocycles. The lowest BCUT2D eigenvalue weighted by molar-refractivity contribution is -0.125.